The molecule has 2 aromatic carbocycles. The average Bonchev–Trinajstić information content (AvgIpc) is 3.75. The Morgan fingerprint density at radius 1 is 1.12 bits per heavy atom. The first-order valence-corrected chi connectivity index (χ1v) is 13.6. The minimum Gasteiger partial charge on any atom is -0.457 e. The molecular weight excluding hydrogens is 506 g/mol. The molecule has 2 aromatic heterocycles. The zero-order valence-electron chi connectivity index (χ0n) is 22.5. The van der Waals surface area contributed by atoms with Gasteiger partial charge in [-0.1, -0.05) is 24.3 Å². The van der Waals surface area contributed by atoms with Gasteiger partial charge in [-0.3, -0.25) is 9.69 Å². The molecule has 0 bridgehead atoms. The minimum absolute atomic E-state index is 0.0121. The van der Waals surface area contributed by atoms with E-state index in [9.17, 15) is 4.79 Å². The van der Waals surface area contributed by atoms with Crippen LogP contribution >= 0.6 is 0 Å². The summed E-state index contributed by atoms with van der Waals surface area (Å²) in [5.74, 6) is 1.89. The maximum absolute atomic E-state index is 12.9. The summed E-state index contributed by atoms with van der Waals surface area (Å²) in [6.45, 7) is 3.49. The van der Waals surface area contributed by atoms with Crippen molar-refractivity contribution in [1.29, 1.82) is 0 Å². The number of amides is 1. The third-order valence-corrected chi connectivity index (χ3v) is 7.63. The Kier molecular flexibility index (Phi) is 7.43. The first-order chi connectivity index (χ1) is 19.6. The van der Waals surface area contributed by atoms with Crippen LogP contribution in [0.2, 0.25) is 0 Å². The standard InChI is InChI=1S/C30H33N7O3/c1-35(23-14-17-39-19-23)15-5-8-26(38)36-16-13-22(18-36)37-30-27(29(31)32-20-33-30)28(34-37)21-9-11-25(12-10-21)40-24-6-3-2-4-7-24/h2-12,20,22-23H,13-19H2,1H3,(H2,31,32,33)/t22-,23-/m1/s1. The number of nitrogens with two attached hydrogens (primary N) is 1. The number of ether oxygens (including phenoxy) is 2. The van der Waals surface area contributed by atoms with Crippen molar-refractivity contribution in [2.75, 3.05) is 45.6 Å². The summed E-state index contributed by atoms with van der Waals surface area (Å²) >= 11 is 0. The highest BCUT2D eigenvalue weighted by Gasteiger charge is 2.30. The highest BCUT2D eigenvalue weighted by atomic mass is 16.5. The van der Waals surface area contributed by atoms with Crippen molar-refractivity contribution >= 4 is 22.8 Å². The molecule has 4 aromatic rings. The van der Waals surface area contributed by atoms with Crippen LogP contribution in [0.4, 0.5) is 5.82 Å². The van der Waals surface area contributed by atoms with Gasteiger partial charge in [0, 0.05) is 43.9 Å². The van der Waals surface area contributed by atoms with Crippen LogP contribution in [0.5, 0.6) is 11.5 Å². The molecule has 2 N–H and O–H groups in total. The SMILES string of the molecule is CN(CC=CC(=O)N1CC[C@@H](n2nc(-c3ccc(Oc4ccccc4)cc3)c3c(N)ncnc32)C1)[C@@H]1CCOC1. The summed E-state index contributed by atoms with van der Waals surface area (Å²) < 4.78 is 13.3. The van der Waals surface area contributed by atoms with Gasteiger partial charge < -0.3 is 20.1 Å². The van der Waals surface area contributed by atoms with Crippen molar-refractivity contribution in [1.82, 2.24) is 29.5 Å². The molecular formula is C30H33N7O3. The quantitative estimate of drug-likeness (QED) is 0.336. The van der Waals surface area contributed by atoms with Crippen LogP contribution in [-0.2, 0) is 9.53 Å². The number of nitrogen functional groups attached to an aromatic ring is 1. The molecule has 0 spiro atoms. The number of hydrogen-bond acceptors (Lipinski definition) is 8. The van der Waals surface area contributed by atoms with Gasteiger partial charge in [0.25, 0.3) is 0 Å². The molecule has 0 aliphatic carbocycles. The smallest absolute Gasteiger partial charge is 0.246 e. The van der Waals surface area contributed by atoms with Crippen LogP contribution < -0.4 is 10.5 Å². The molecule has 206 valence electrons. The van der Waals surface area contributed by atoms with Crippen LogP contribution in [0, 0.1) is 0 Å². The highest BCUT2D eigenvalue weighted by Crippen LogP contribution is 2.35. The number of likely N-dealkylation sites (N-methyl/N-ethyl adjacent to an activating group) is 1. The van der Waals surface area contributed by atoms with Gasteiger partial charge in [-0.05, 0) is 56.3 Å². The molecule has 0 radical (unpaired) electrons. The Hall–Kier alpha value is -4.28. The number of carbonyl (C=O) groups excluding carboxylic acids is 1. The maximum atomic E-state index is 12.9. The Morgan fingerprint density at radius 3 is 2.70 bits per heavy atom. The Balaban J connectivity index is 1.18. The predicted octanol–water partition coefficient (Wildman–Crippen LogP) is 3.92. The fourth-order valence-corrected chi connectivity index (χ4v) is 5.34. The Bertz CT molecular complexity index is 1500. The van der Waals surface area contributed by atoms with Gasteiger partial charge in [0.15, 0.2) is 5.65 Å². The van der Waals surface area contributed by atoms with Crippen LogP contribution in [-0.4, -0.2) is 81.4 Å². The lowest BCUT2D eigenvalue weighted by Gasteiger charge is -2.21. The van der Waals surface area contributed by atoms with Crippen LogP contribution in [0.3, 0.4) is 0 Å². The first kappa shape index (κ1) is 26.0. The Labute approximate surface area is 233 Å². The molecule has 10 heteroatoms. The molecule has 2 aliphatic heterocycles. The summed E-state index contributed by atoms with van der Waals surface area (Å²) in [5.41, 5.74) is 8.59. The lowest BCUT2D eigenvalue weighted by Crippen LogP contribution is -2.32. The monoisotopic (exact) mass is 539 g/mol. The number of fused-ring (bicyclic) bond motifs is 1. The third kappa shape index (κ3) is 5.41. The molecule has 2 aliphatic rings. The number of carbonyl (C=O) groups is 1. The van der Waals surface area contributed by atoms with Crippen molar-refractivity contribution in [2.45, 2.75) is 24.9 Å². The van der Waals surface area contributed by atoms with Crippen LogP contribution in [0.25, 0.3) is 22.3 Å². The topological polar surface area (TPSA) is 112 Å². The minimum atomic E-state index is -0.0121. The number of anilines is 1. The molecule has 2 atom stereocenters. The molecule has 10 nitrogen and oxygen atoms in total. The zero-order valence-corrected chi connectivity index (χ0v) is 22.5. The van der Waals surface area contributed by atoms with Gasteiger partial charge in [0.05, 0.1) is 18.0 Å². The maximum Gasteiger partial charge on any atom is 0.246 e. The van der Waals surface area contributed by atoms with Gasteiger partial charge >= 0.3 is 0 Å². The summed E-state index contributed by atoms with van der Waals surface area (Å²) in [7, 11) is 2.07. The van der Waals surface area contributed by atoms with Gasteiger partial charge in [-0.2, -0.15) is 5.10 Å². The van der Waals surface area contributed by atoms with Gasteiger partial charge in [-0.25, -0.2) is 14.6 Å². The average molecular weight is 540 g/mol. The van der Waals surface area contributed by atoms with E-state index in [4.69, 9.17) is 20.3 Å². The summed E-state index contributed by atoms with van der Waals surface area (Å²) in [6.07, 6.45) is 6.90. The number of hydrogen-bond donors (Lipinski definition) is 1. The number of nitrogens with zero attached hydrogens (tertiary/aromatic N) is 6. The van der Waals surface area contributed by atoms with E-state index in [0.717, 1.165) is 49.7 Å². The summed E-state index contributed by atoms with van der Waals surface area (Å²) in [6, 6.07) is 17.8. The van der Waals surface area contributed by atoms with Crippen molar-refractivity contribution in [3.8, 4) is 22.8 Å². The van der Waals surface area contributed by atoms with Gasteiger partial charge in [0.1, 0.15) is 29.3 Å². The van der Waals surface area contributed by atoms with Crippen LogP contribution in [0.15, 0.2) is 73.1 Å². The van der Waals surface area contributed by atoms with E-state index < -0.39 is 0 Å². The number of rotatable bonds is 8. The second-order valence-corrected chi connectivity index (χ2v) is 10.3. The largest absolute Gasteiger partial charge is 0.457 e. The molecule has 1 amide bonds. The zero-order chi connectivity index (χ0) is 27.5. The number of benzene rings is 2. The van der Waals surface area contributed by atoms with E-state index in [2.05, 4.69) is 21.9 Å². The fourth-order valence-electron chi connectivity index (χ4n) is 5.34. The molecule has 0 unspecified atom stereocenters. The Morgan fingerprint density at radius 2 is 1.93 bits per heavy atom. The normalized spacial score (nSPS) is 19.3. The van der Waals surface area contributed by atoms with E-state index in [-0.39, 0.29) is 11.9 Å². The molecule has 4 heterocycles. The van der Waals surface area contributed by atoms with Crippen molar-refractivity contribution in [2.24, 2.45) is 0 Å². The summed E-state index contributed by atoms with van der Waals surface area (Å²) in [5, 5.41) is 5.67. The first-order valence-electron chi connectivity index (χ1n) is 13.6. The molecule has 40 heavy (non-hydrogen) atoms. The highest BCUT2D eigenvalue weighted by molar-refractivity contribution is 5.98. The molecule has 6 rings (SSSR count). The number of para-hydroxylation sites is 1. The van der Waals surface area contributed by atoms with Crippen LogP contribution in [0.1, 0.15) is 18.9 Å². The number of likely N-dealkylation sites (tertiary alicyclic amines) is 1. The van der Waals surface area contributed by atoms with E-state index in [1.807, 2.05) is 70.3 Å². The predicted molar refractivity (Wildman–Crippen MR) is 153 cm³/mol. The third-order valence-electron chi connectivity index (χ3n) is 7.63. The van der Waals surface area contributed by atoms with Crippen molar-refractivity contribution < 1.29 is 14.3 Å². The van der Waals surface area contributed by atoms with E-state index in [1.165, 1.54) is 6.33 Å². The van der Waals surface area contributed by atoms with E-state index in [0.29, 0.717) is 41.7 Å². The molecule has 2 fully saturated rings. The lowest BCUT2D eigenvalue weighted by atomic mass is 10.1. The van der Waals surface area contributed by atoms with Crippen molar-refractivity contribution in [3.63, 3.8) is 0 Å². The molecule has 2 saturated heterocycles. The van der Waals surface area contributed by atoms with Gasteiger partial charge in [-0.15, -0.1) is 0 Å². The summed E-state index contributed by atoms with van der Waals surface area (Å²) in [4.78, 5) is 25.8. The van der Waals surface area contributed by atoms with E-state index in [1.54, 1.807) is 6.08 Å². The second kappa shape index (κ2) is 11.4. The van der Waals surface area contributed by atoms with Gasteiger partial charge in [0.2, 0.25) is 5.91 Å². The second-order valence-electron chi connectivity index (χ2n) is 10.3. The molecule has 0 saturated carbocycles. The lowest BCUT2D eigenvalue weighted by molar-refractivity contribution is -0.125. The number of aromatic nitrogens is 4. The van der Waals surface area contributed by atoms with E-state index >= 15 is 0 Å². The fraction of sp³-hybridized carbons (Fsp3) is 0.333. The van der Waals surface area contributed by atoms with Crippen molar-refractivity contribution in [3.05, 3.63) is 73.1 Å².